The van der Waals surface area contributed by atoms with Gasteiger partial charge in [-0.3, -0.25) is 20.4 Å². The Morgan fingerprint density at radius 2 is 1.85 bits per heavy atom. The molecule has 0 bridgehead atoms. The van der Waals surface area contributed by atoms with Gasteiger partial charge in [-0.2, -0.15) is 0 Å². The Hall–Kier alpha value is -2.99. The fourth-order valence-electron chi connectivity index (χ4n) is 1.99. The van der Waals surface area contributed by atoms with E-state index in [1.54, 1.807) is 61.5 Å². The molecule has 0 aliphatic carbocycles. The summed E-state index contributed by atoms with van der Waals surface area (Å²) >= 11 is 5.80. The Bertz CT molecular complexity index is 777. The maximum Gasteiger partial charge on any atom is 0.279 e. The number of benzene rings is 2. The largest absolute Gasteiger partial charge is 0.489 e. The first-order chi connectivity index (χ1) is 12.5. The van der Waals surface area contributed by atoms with Gasteiger partial charge >= 0.3 is 0 Å². The van der Waals surface area contributed by atoms with Crippen molar-refractivity contribution < 1.29 is 19.1 Å². The van der Waals surface area contributed by atoms with E-state index in [1.165, 1.54) is 0 Å². The van der Waals surface area contributed by atoms with Crippen LogP contribution in [0.4, 0.5) is 0 Å². The number of nitrogens with one attached hydrogen (secondary N) is 2. The van der Waals surface area contributed by atoms with E-state index in [0.29, 0.717) is 22.1 Å². The molecule has 0 aliphatic rings. The molecule has 7 heteroatoms. The second kappa shape index (κ2) is 9.48. The first-order valence-electron chi connectivity index (χ1n) is 7.86. The molecule has 0 heterocycles. The van der Waals surface area contributed by atoms with Gasteiger partial charge in [0.25, 0.3) is 11.8 Å². The normalized spacial score (nSPS) is 11.2. The fraction of sp³-hybridized carbons (Fsp3) is 0.158. The highest BCUT2D eigenvalue weighted by Gasteiger charge is 2.17. The van der Waals surface area contributed by atoms with Crippen molar-refractivity contribution in [3.05, 3.63) is 71.8 Å². The predicted molar refractivity (Wildman–Crippen MR) is 99.3 cm³/mol. The average Bonchev–Trinajstić information content (AvgIpc) is 2.66. The summed E-state index contributed by atoms with van der Waals surface area (Å²) in [6, 6.07) is 13.3. The summed E-state index contributed by atoms with van der Waals surface area (Å²) in [6.07, 6.45) is 0.760. The van der Waals surface area contributed by atoms with Crippen LogP contribution in [-0.2, 0) is 4.79 Å². The second-order valence-corrected chi connectivity index (χ2v) is 5.69. The molecule has 136 valence electrons. The molecule has 0 aromatic heterocycles. The maximum atomic E-state index is 12.3. The molecule has 2 rings (SSSR count). The number of rotatable bonds is 7. The minimum absolute atomic E-state index is 0.266. The Morgan fingerprint density at radius 1 is 1.15 bits per heavy atom. The number of para-hydroxylation sites is 1. The lowest BCUT2D eigenvalue weighted by Gasteiger charge is -2.16. The van der Waals surface area contributed by atoms with Crippen molar-refractivity contribution in [2.75, 3.05) is 6.61 Å². The third-order valence-electron chi connectivity index (χ3n) is 3.28. The van der Waals surface area contributed by atoms with Gasteiger partial charge in [0.15, 0.2) is 6.10 Å². The first kappa shape index (κ1) is 19.3. The summed E-state index contributed by atoms with van der Waals surface area (Å²) in [5, 5.41) is 0.569. The minimum atomic E-state index is -0.816. The molecule has 0 saturated heterocycles. The molecule has 2 aromatic carbocycles. The van der Waals surface area contributed by atoms with Crippen LogP contribution in [0, 0.1) is 0 Å². The second-order valence-electron chi connectivity index (χ2n) is 5.25. The van der Waals surface area contributed by atoms with Crippen molar-refractivity contribution in [1.82, 2.24) is 10.9 Å². The Kier molecular flexibility index (Phi) is 7.05. The van der Waals surface area contributed by atoms with Crippen molar-refractivity contribution in [3.63, 3.8) is 0 Å². The van der Waals surface area contributed by atoms with Gasteiger partial charge in [0.1, 0.15) is 18.1 Å². The van der Waals surface area contributed by atoms with E-state index in [9.17, 15) is 9.59 Å². The summed E-state index contributed by atoms with van der Waals surface area (Å²) in [5.74, 6) is -0.120. The molecule has 6 nitrogen and oxygen atoms in total. The predicted octanol–water partition coefficient (Wildman–Crippen LogP) is 3.13. The van der Waals surface area contributed by atoms with Crippen LogP contribution < -0.4 is 20.3 Å². The summed E-state index contributed by atoms with van der Waals surface area (Å²) in [7, 11) is 0. The van der Waals surface area contributed by atoms with Crippen molar-refractivity contribution >= 4 is 23.4 Å². The molecule has 0 saturated carbocycles. The molecule has 1 unspecified atom stereocenters. The van der Waals surface area contributed by atoms with Crippen molar-refractivity contribution in [2.45, 2.75) is 13.0 Å². The molecule has 2 amide bonds. The van der Waals surface area contributed by atoms with Gasteiger partial charge in [-0.15, -0.1) is 0 Å². The number of hydrogen-bond donors (Lipinski definition) is 2. The first-order valence-corrected chi connectivity index (χ1v) is 8.24. The topological polar surface area (TPSA) is 76.7 Å². The number of hydrogen-bond acceptors (Lipinski definition) is 4. The Balaban J connectivity index is 1.91. The van der Waals surface area contributed by atoms with E-state index in [0.717, 1.165) is 0 Å². The summed E-state index contributed by atoms with van der Waals surface area (Å²) < 4.78 is 10.9. The lowest BCUT2D eigenvalue weighted by molar-refractivity contribution is -0.128. The smallest absolute Gasteiger partial charge is 0.279 e. The van der Waals surface area contributed by atoms with Crippen LogP contribution in [-0.4, -0.2) is 24.5 Å². The zero-order valence-corrected chi connectivity index (χ0v) is 15.0. The molecule has 0 spiro atoms. The maximum absolute atomic E-state index is 12.3. The van der Waals surface area contributed by atoms with Crippen LogP contribution in [0.3, 0.4) is 0 Å². The lowest BCUT2D eigenvalue weighted by atomic mass is 10.2. The molecule has 1 atom stereocenters. The van der Waals surface area contributed by atoms with Gasteiger partial charge in [0.05, 0.1) is 5.56 Å². The molecular formula is C19H19ClN2O4. The van der Waals surface area contributed by atoms with E-state index < -0.39 is 17.9 Å². The standard InChI is InChI=1S/C19H19ClN2O4/c1-3-12-25-17-7-5-4-6-16(17)19(24)22-21-18(23)13(2)26-15-10-8-14(20)9-11-15/h3-11,13H,1,12H2,2H3,(H,21,23)(H,22,24). The van der Waals surface area contributed by atoms with Crippen LogP contribution in [0.2, 0.25) is 5.02 Å². The third-order valence-corrected chi connectivity index (χ3v) is 3.54. The van der Waals surface area contributed by atoms with Crippen molar-refractivity contribution in [3.8, 4) is 11.5 Å². The number of ether oxygens (including phenoxy) is 2. The number of halogens is 1. The van der Waals surface area contributed by atoms with Crippen molar-refractivity contribution in [2.24, 2.45) is 0 Å². The number of carbonyl (C=O) groups is 2. The zero-order chi connectivity index (χ0) is 18.9. The van der Waals surface area contributed by atoms with Crippen LogP contribution in [0.25, 0.3) is 0 Å². The molecule has 2 N–H and O–H groups in total. The van der Waals surface area contributed by atoms with Crippen LogP contribution in [0.1, 0.15) is 17.3 Å². The molecule has 0 aliphatic heterocycles. The van der Waals surface area contributed by atoms with E-state index >= 15 is 0 Å². The molecule has 0 radical (unpaired) electrons. The van der Waals surface area contributed by atoms with Crippen LogP contribution >= 0.6 is 11.6 Å². The molecular weight excluding hydrogens is 356 g/mol. The quantitative estimate of drug-likeness (QED) is 0.576. The average molecular weight is 375 g/mol. The number of amides is 2. The van der Waals surface area contributed by atoms with E-state index in [4.69, 9.17) is 21.1 Å². The summed E-state index contributed by atoms with van der Waals surface area (Å²) in [6.45, 7) is 5.40. The highest BCUT2D eigenvalue weighted by Crippen LogP contribution is 2.18. The SMILES string of the molecule is C=CCOc1ccccc1C(=O)NNC(=O)C(C)Oc1ccc(Cl)cc1. The number of hydrazine groups is 1. The highest BCUT2D eigenvalue weighted by molar-refractivity contribution is 6.30. The van der Waals surface area contributed by atoms with E-state index in [2.05, 4.69) is 17.4 Å². The van der Waals surface area contributed by atoms with Gasteiger partial charge in [-0.25, -0.2) is 0 Å². The minimum Gasteiger partial charge on any atom is -0.489 e. The number of carbonyl (C=O) groups excluding carboxylic acids is 2. The Morgan fingerprint density at radius 3 is 2.54 bits per heavy atom. The van der Waals surface area contributed by atoms with Gasteiger partial charge in [0.2, 0.25) is 0 Å². The van der Waals surface area contributed by atoms with Gasteiger partial charge in [0, 0.05) is 5.02 Å². The lowest BCUT2D eigenvalue weighted by Crippen LogP contribution is -2.47. The van der Waals surface area contributed by atoms with Crippen LogP contribution in [0.15, 0.2) is 61.2 Å². The van der Waals surface area contributed by atoms with Gasteiger partial charge in [-0.05, 0) is 43.3 Å². The van der Waals surface area contributed by atoms with Crippen LogP contribution in [0.5, 0.6) is 11.5 Å². The van der Waals surface area contributed by atoms with E-state index in [-0.39, 0.29) is 6.61 Å². The Labute approximate surface area is 156 Å². The highest BCUT2D eigenvalue weighted by atomic mass is 35.5. The zero-order valence-electron chi connectivity index (χ0n) is 14.2. The summed E-state index contributed by atoms with van der Waals surface area (Å²) in [5.41, 5.74) is 4.97. The fourth-order valence-corrected chi connectivity index (χ4v) is 2.11. The van der Waals surface area contributed by atoms with Crippen molar-refractivity contribution in [1.29, 1.82) is 0 Å². The van der Waals surface area contributed by atoms with Gasteiger partial charge < -0.3 is 9.47 Å². The summed E-state index contributed by atoms with van der Waals surface area (Å²) in [4.78, 5) is 24.4. The molecule has 26 heavy (non-hydrogen) atoms. The van der Waals surface area contributed by atoms with Gasteiger partial charge in [-0.1, -0.05) is 36.4 Å². The molecule has 0 fully saturated rings. The third kappa shape index (κ3) is 5.53. The van der Waals surface area contributed by atoms with E-state index in [1.807, 2.05) is 0 Å². The molecule has 2 aromatic rings. The monoisotopic (exact) mass is 374 g/mol.